The molecule has 0 aliphatic rings. The van der Waals surface area contributed by atoms with Crippen molar-refractivity contribution in [3.63, 3.8) is 0 Å². The second-order valence-electron chi connectivity index (χ2n) is 4.27. The topological polar surface area (TPSA) is 55.6 Å². The molecule has 1 unspecified atom stereocenters. The van der Waals surface area contributed by atoms with E-state index < -0.39 is 0 Å². The van der Waals surface area contributed by atoms with Gasteiger partial charge in [0.15, 0.2) is 0 Å². The Kier molecular flexibility index (Phi) is 7.34. The number of nitrogens with two attached hydrogens (primary N) is 1. The number of carbonyl (C=O) groups excluding carboxylic acids is 1. The molecule has 2 N–H and O–H groups in total. The molecule has 4 heteroatoms. The van der Waals surface area contributed by atoms with Gasteiger partial charge in [-0.1, -0.05) is 13.8 Å². The lowest BCUT2D eigenvalue weighted by molar-refractivity contribution is -0.130. The van der Waals surface area contributed by atoms with E-state index >= 15 is 0 Å². The number of carbonyl (C=O) groups is 1. The van der Waals surface area contributed by atoms with Crippen LogP contribution >= 0.6 is 0 Å². The molecule has 0 bridgehead atoms. The summed E-state index contributed by atoms with van der Waals surface area (Å²) < 4.78 is 4.93. The number of methoxy groups -OCH3 is 1. The van der Waals surface area contributed by atoms with E-state index in [0.717, 1.165) is 13.0 Å². The van der Waals surface area contributed by atoms with E-state index in [1.165, 1.54) is 0 Å². The fourth-order valence-electron chi connectivity index (χ4n) is 1.16. The minimum atomic E-state index is -0.0395. The summed E-state index contributed by atoms with van der Waals surface area (Å²) in [6.07, 6.45) is 1.30. The Balaban J connectivity index is 3.78. The summed E-state index contributed by atoms with van der Waals surface area (Å²) >= 11 is 0. The van der Waals surface area contributed by atoms with Crippen molar-refractivity contribution in [2.45, 2.75) is 32.7 Å². The molecule has 0 spiro atoms. The van der Waals surface area contributed by atoms with Crippen molar-refractivity contribution in [3.05, 3.63) is 0 Å². The van der Waals surface area contributed by atoms with Crippen LogP contribution in [0.3, 0.4) is 0 Å². The zero-order chi connectivity index (χ0) is 11.8. The Hall–Kier alpha value is -0.610. The van der Waals surface area contributed by atoms with E-state index in [4.69, 9.17) is 10.5 Å². The normalized spacial score (nSPS) is 12.9. The lowest BCUT2D eigenvalue weighted by Crippen LogP contribution is -2.36. The first-order valence-corrected chi connectivity index (χ1v) is 5.47. The SMILES string of the molecule is COCCCN(C)C(=O)CC(N)C(C)C. The molecule has 0 fully saturated rings. The van der Waals surface area contributed by atoms with Crippen LogP contribution in [0.15, 0.2) is 0 Å². The minimum Gasteiger partial charge on any atom is -0.385 e. The molecule has 1 amide bonds. The van der Waals surface area contributed by atoms with E-state index in [9.17, 15) is 4.79 Å². The van der Waals surface area contributed by atoms with E-state index in [-0.39, 0.29) is 11.9 Å². The summed E-state index contributed by atoms with van der Waals surface area (Å²) in [4.78, 5) is 13.4. The molecule has 0 rings (SSSR count). The van der Waals surface area contributed by atoms with Crippen LogP contribution in [-0.2, 0) is 9.53 Å². The first kappa shape index (κ1) is 14.4. The van der Waals surface area contributed by atoms with Crippen LogP contribution in [0, 0.1) is 5.92 Å². The molecule has 0 saturated carbocycles. The molecule has 90 valence electrons. The van der Waals surface area contributed by atoms with E-state index in [1.54, 1.807) is 12.0 Å². The third-order valence-electron chi connectivity index (χ3n) is 2.53. The summed E-state index contributed by atoms with van der Waals surface area (Å²) in [6.45, 7) is 5.48. The van der Waals surface area contributed by atoms with Gasteiger partial charge in [0, 0.05) is 39.8 Å². The number of hydrogen-bond acceptors (Lipinski definition) is 3. The van der Waals surface area contributed by atoms with Gasteiger partial charge < -0.3 is 15.4 Å². The predicted octanol–water partition coefficient (Wildman–Crippen LogP) is 0.855. The second-order valence-corrected chi connectivity index (χ2v) is 4.27. The Bertz CT molecular complexity index is 183. The lowest BCUT2D eigenvalue weighted by atomic mass is 10.0. The summed E-state index contributed by atoms with van der Waals surface area (Å²) in [7, 11) is 3.47. The van der Waals surface area contributed by atoms with E-state index in [2.05, 4.69) is 0 Å². The van der Waals surface area contributed by atoms with Gasteiger partial charge in [-0.05, 0) is 12.3 Å². The zero-order valence-electron chi connectivity index (χ0n) is 10.3. The van der Waals surface area contributed by atoms with E-state index in [0.29, 0.717) is 18.9 Å². The van der Waals surface area contributed by atoms with Crippen molar-refractivity contribution < 1.29 is 9.53 Å². The third-order valence-corrected chi connectivity index (χ3v) is 2.53. The predicted molar refractivity (Wildman–Crippen MR) is 61.6 cm³/mol. The maximum atomic E-state index is 11.7. The number of hydrogen-bond donors (Lipinski definition) is 1. The summed E-state index contributed by atoms with van der Waals surface area (Å²) in [5.74, 6) is 0.466. The largest absolute Gasteiger partial charge is 0.385 e. The highest BCUT2D eigenvalue weighted by Gasteiger charge is 2.15. The molecule has 0 radical (unpaired) electrons. The van der Waals surface area contributed by atoms with Gasteiger partial charge in [-0.25, -0.2) is 0 Å². The van der Waals surface area contributed by atoms with Gasteiger partial charge in [-0.2, -0.15) is 0 Å². The van der Waals surface area contributed by atoms with Gasteiger partial charge in [0.1, 0.15) is 0 Å². The second kappa shape index (κ2) is 7.65. The van der Waals surface area contributed by atoms with Crippen LogP contribution in [0.2, 0.25) is 0 Å². The fraction of sp³-hybridized carbons (Fsp3) is 0.909. The molecule has 0 aromatic carbocycles. The highest BCUT2D eigenvalue weighted by Crippen LogP contribution is 2.05. The third kappa shape index (κ3) is 6.47. The molecule has 0 aromatic rings. The van der Waals surface area contributed by atoms with Crippen molar-refractivity contribution >= 4 is 5.91 Å². The van der Waals surface area contributed by atoms with Gasteiger partial charge in [0.05, 0.1) is 0 Å². The Morgan fingerprint density at radius 2 is 2.07 bits per heavy atom. The van der Waals surface area contributed by atoms with Crippen molar-refractivity contribution in [2.75, 3.05) is 27.3 Å². The monoisotopic (exact) mass is 216 g/mol. The summed E-state index contributed by atoms with van der Waals surface area (Å²) in [5, 5.41) is 0. The van der Waals surface area contributed by atoms with Crippen molar-refractivity contribution in [2.24, 2.45) is 11.7 Å². The smallest absolute Gasteiger partial charge is 0.223 e. The van der Waals surface area contributed by atoms with Crippen LogP contribution in [0.1, 0.15) is 26.7 Å². The molecule has 1 atom stereocenters. The zero-order valence-corrected chi connectivity index (χ0v) is 10.3. The van der Waals surface area contributed by atoms with Crippen molar-refractivity contribution in [1.82, 2.24) is 4.90 Å². The lowest BCUT2D eigenvalue weighted by Gasteiger charge is -2.21. The van der Waals surface area contributed by atoms with E-state index in [1.807, 2.05) is 20.9 Å². The maximum Gasteiger partial charge on any atom is 0.223 e. The first-order valence-electron chi connectivity index (χ1n) is 5.47. The summed E-state index contributed by atoms with van der Waals surface area (Å²) in [5.41, 5.74) is 5.84. The summed E-state index contributed by atoms with van der Waals surface area (Å²) in [6, 6.07) is -0.0395. The Morgan fingerprint density at radius 3 is 2.53 bits per heavy atom. The van der Waals surface area contributed by atoms with Gasteiger partial charge in [-0.3, -0.25) is 4.79 Å². The molecule has 0 aliphatic heterocycles. The van der Waals surface area contributed by atoms with Crippen LogP contribution in [0.4, 0.5) is 0 Å². The standard InChI is InChI=1S/C11H24N2O2/c1-9(2)10(12)8-11(14)13(3)6-5-7-15-4/h9-10H,5-8,12H2,1-4H3. The molecule has 0 aromatic heterocycles. The molecular formula is C11H24N2O2. The maximum absolute atomic E-state index is 11.7. The van der Waals surface area contributed by atoms with Crippen LogP contribution < -0.4 is 5.73 Å². The molecule has 0 aliphatic carbocycles. The van der Waals surface area contributed by atoms with Crippen molar-refractivity contribution in [1.29, 1.82) is 0 Å². The average Bonchev–Trinajstić information content (AvgIpc) is 2.17. The highest BCUT2D eigenvalue weighted by atomic mass is 16.5. The van der Waals surface area contributed by atoms with Crippen LogP contribution in [0.5, 0.6) is 0 Å². The van der Waals surface area contributed by atoms with Crippen LogP contribution in [0.25, 0.3) is 0 Å². The average molecular weight is 216 g/mol. The molecule has 4 nitrogen and oxygen atoms in total. The Labute approximate surface area is 92.8 Å². The van der Waals surface area contributed by atoms with Gasteiger partial charge in [-0.15, -0.1) is 0 Å². The molecule has 15 heavy (non-hydrogen) atoms. The number of nitrogens with zero attached hydrogens (tertiary/aromatic N) is 1. The molecule has 0 saturated heterocycles. The van der Waals surface area contributed by atoms with Gasteiger partial charge >= 0.3 is 0 Å². The minimum absolute atomic E-state index is 0.0395. The Morgan fingerprint density at radius 1 is 1.47 bits per heavy atom. The van der Waals surface area contributed by atoms with Crippen molar-refractivity contribution in [3.8, 4) is 0 Å². The fourth-order valence-corrected chi connectivity index (χ4v) is 1.16. The first-order chi connectivity index (χ1) is 6.99. The number of rotatable bonds is 7. The molecule has 0 heterocycles. The number of ether oxygens (including phenoxy) is 1. The number of amides is 1. The van der Waals surface area contributed by atoms with Gasteiger partial charge in [0.2, 0.25) is 5.91 Å². The quantitative estimate of drug-likeness (QED) is 0.642. The molecular weight excluding hydrogens is 192 g/mol. The van der Waals surface area contributed by atoms with Gasteiger partial charge in [0.25, 0.3) is 0 Å². The highest BCUT2D eigenvalue weighted by molar-refractivity contribution is 5.76. The van der Waals surface area contributed by atoms with Crippen LogP contribution in [-0.4, -0.2) is 44.2 Å².